The van der Waals surface area contributed by atoms with Crippen LogP contribution in [0.4, 0.5) is 0 Å². The van der Waals surface area contributed by atoms with Gasteiger partial charge in [0, 0.05) is 39.7 Å². The molecule has 1 aliphatic carbocycles. The van der Waals surface area contributed by atoms with E-state index in [2.05, 4.69) is 0 Å². The van der Waals surface area contributed by atoms with Gasteiger partial charge in [-0.05, 0) is 18.8 Å². The highest BCUT2D eigenvalue weighted by molar-refractivity contribution is 5.78. The fourth-order valence-electron chi connectivity index (χ4n) is 3.77. The third-order valence-electron chi connectivity index (χ3n) is 5.35. The van der Waals surface area contributed by atoms with Crippen LogP contribution in [0.5, 0.6) is 0 Å². The van der Waals surface area contributed by atoms with Crippen LogP contribution in [0, 0.1) is 5.92 Å². The van der Waals surface area contributed by atoms with Crippen LogP contribution in [-0.4, -0.2) is 74.7 Å². The second-order valence-corrected chi connectivity index (χ2v) is 7.20. The zero-order chi connectivity index (χ0) is 17.9. The molecule has 6 heteroatoms. The number of nitrogens with zero attached hydrogens (tertiary/aromatic N) is 2. The zero-order valence-corrected chi connectivity index (χ0v) is 15.7. The molecule has 0 atom stereocenters. The summed E-state index contributed by atoms with van der Waals surface area (Å²) in [4.78, 5) is 28.4. The fraction of sp³-hybridized carbons (Fsp3) is 0.895. The van der Waals surface area contributed by atoms with Gasteiger partial charge >= 0.3 is 0 Å². The Balaban J connectivity index is 1.67. The van der Waals surface area contributed by atoms with Gasteiger partial charge in [0.15, 0.2) is 0 Å². The molecule has 0 bridgehead atoms. The van der Waals surface area contributed by atoms with Crippen molar-refractivity contribution in [3.05, 3.63) is 0 Å². The van der Waals surface area contributed by atoms with Crippen molar-refractivity contribution in [3.63, 3.8) is 0 Å². The SMILES string of the molecule is COCCOCC(=O)N1CCCN(C(=O)CCC2CCCCC2)CC1. The highest BCUT2D eigenvalue weighted by Crippen LogP contribution is 2.27. The van der Waals surface area contributed by atoms with Crippen LogP contribution < -0.4 is 0 Å². The first-order valence-electron chi connectivity index (χ1n) is 9.83. The number of methoxy groups -OCH3 is 1. The molecule has 0 aromatic rings. The molecule has 0 N–H and O–H groups in total. The molecule has 2 aliphatic rings. The lowest BCUT2D eigenvalue weighted by Crippen LogP contribution is -2.39. The van der Waals surface area contributed by atoms with Crippen molar-refractivity contribution in [1.29, 1.82) is 0 Å². The topological polar surface area (TPSA) is 59.1 Å². The Bertz CT molecular complexity index is 410. The molecule has 1 saturated heterocycles. The first kappa shape index (κ1) is 20.2. The van der Waals surface area contributed by atoms with Crippen LogP contribution in [-0.2, 0) is 19.1 Å². The zero-order valence-electron chi connectivity index (χ0n) is 15.7. The minimum Gasteiger partial charge on any atom is -0.382 e. The molecule has 1 saturated carbocycles. The third-order valence-corrected chi connectivity index (χ3v) is 5.35. The molecule has 6 nitrogen and oxygen atoms in total. The van der Waals surface area contributed by atoms with Crippen LogP contribution in [0.1, 0.15) is 51.4 Å². The predicted octanol–water partition coefficient (Wildman–Crippen LogP) is 2.07. The van der Waals surface area contributed by atoms with Gasteiger partial charge in [0.05, 0.1) is 13.2 Å². The molecule has 25 heavy (non-hydrogen) atoms. The van der Waals surface area contributed by atoms with Crippen molar-refractivity contribution >= 4 is 11.8 Å². The minimum atomic E-state index is 0.00704. The van der Waals surface area contributed by atoms with Gasteiger partial charge in [-0.25, -0.2) is 0 Å². The predicted molar refractivity (Wildman–Crippen MR) is 96.3 cm³/mol. The molecule has 1 aliphatic heterocycles. The van der Waals surface area contributed by atoms with Gasteiger partial charge in [-0.1, -0.05) is 32.1 Å². The average Bonchev–Trinajstić information content (AvgIpc) is 2.90. The van der Waals surface area contributed by atoms with E-state index in [9.17, 15) is 9.59 Å². The Hall–Kier alpha value is -1.14. The molecule has 0 radical (unpaired) electrons. The number of carbonyl (C=O) groups is 2. The van der Waals surface area contributed by atoms with E-state index < -0.39 is 0 Å². The Morgan fingerprint density at radius 2 is 1.56 bits per heavy atom. The summed E-state index contributed by atoms with van der Waals surface area (Å²) < 4.78 is 10.2. The van der Waals surface area contributed by atoms with Crippen LogP contribution in [0.2, 0.25) is 0 Å². The minimum absolute atomic E-state index is 0.00704. The summed E-state index contributed by atoms with van der Waals surface area (Å²) in [5.41, 5.74) is 0. The summed E-state index contributed by atoms with van der Waals surface area (Å²) in [7, 11) is 1.61. The monoisotopic (exact) mass is 354 g/mol. The normalized spacial score (nSPS) is 19.7. The van der Waals surface area contributed by atoms with E-state index in [0.717, 1.165) is 25.3 Å². The number of amides is 2. The molecule has 2 rings (SSSR count). The number of carbonyl (C=O) groups excluding carboxylic acids is 2. The summed E-state index contributed by atoms with van der Waals surface area (Å²) >= 11 is 0. The quantitative estimate of drug-likeness (QED) is 0.626. The third kappa shape index (κ3) is 7.32. The van der Waals surface area contributed by atoms with Gasteiger partial charge in [-0.3, -0.25) is 9.59 Å². The molecular formula is C19H34N2O4. The molecular weight excluding hydrogens is 320 g/mol. The van der Waals surface area contributed by atoms with E-state index in [0.29, 0.717) is 39.3 Å². The molecule has 1 heterocycles. The molecule has 2 fully saturated rings. The Morgan fingerprint density at radius 1 is 0.880 bits per heavy atom. The molecule has 0 spiro atoms. The first-order valence-corrected chi connectivity index (χ1v) is 9.83. The van der Waals surface area contributed by atoms with Gasteiger partial charge in [0.2, 0.25) is 11.8 Å². The maximum atomic E-state index is 12.5. The van der Waals surface area contributed by atoms with Crippen LogP contribution in [0.3, 0.4) is 0 Å². The maximum Gasteiger partial charge on any atom is 0.248 e. The van der Waals surface area contributed by atoms with Crippen LogP contribution in [0.15, 0.2) is 0 Å². The van der Waals surface area contributed by atoms with Crippen LogP contribution >= 0.6 is 0 Å². The summed E-state index contributed by atoms with van der Waals surface area (Å²) in [6.07, 6.45) is 9.13. The highest BCUT2D eigenvalue weighted by atomic mass is 16.5. The van der Waals surface area contributed by atoms with E-state index in [-0.39, 0.29) is 18.4 Å². The van der Waals surface area contributed by atoms with Gasteiger partial charge in [0.1, 0.15) is 6.61 Å². The number of ether oxygens (including phenoxy) is 2. The van der Waals surface area contributed by atoms with E-state index in [1.807, 2.05) is 9.80 Å². The average molecular weight is 354 g/mol. The van der Waals surface area contributed by atoms with Gasteiger partial charge < -0.3 is 19.3 Å². The van der Waals surface area contributed by atoms with E-state index in [1.54, 1.807) is 7.11 Å². The second-order valence-electron chi connectivity index (χ2n) is 7.20. The van der Waals surface area contributed by atoms with Gasteiger partial charge in [-0.15, -0.1) is 0 Å². The van der Waals surface area contributed by atoms with Crippen molar-refractivity contribution < 1.29 is 19.1 Å². The number of rotatable bonds is 8. The smallest absolute Gasteiger partial charge is 0.248 e. The molecule has 0 aromatic heterocycles. The standard InChI is InChI=1S/C19H34N2O4/c1-24-14-15-25-16-19(23)21-11-5-10-20(12-13-21)18(22)9-8-17-6-3-2-4-7-17/h17H,2-16H2,1H3. The molecule has 0 aromatic carbocycles. The Kier molecular flexibility index (Phi) is 9.26. The van der Waals surface area contributed by atoms with Crippen molar-refractivity contribution in [1.82, 2.24) is 9.80 Å². The maximum absolute atomic E-state index is 12.5. The van der Waals surface area contributed by atoms with Crippen molar-refractivity contribution in [2.75, 3.05) is 53.1 Å². The van der Waals surface area contributed by atoms with Gasteiger partial charge in [0.25, 0.3) is 0 Å². The lowest BCUT2D eigenvalue weighted by atomic mass is 9.86. The second kappa shape index (κ2) is 11.5. The largest absolute Gasteiger partial charge is 0.382 e. The summed E-state index contributed by atoms with van der Waals surface area (Å²) in [5.74, 6) is 1.01. The first-order chi connectivity index (χ1) is 12.2. The van der Waals surface area contributed by atoms with E-state index in [4.69, 9.17) is 9.47 Å². The fourth-order valence-corrected chi connectivity index (χ4v) is 3.77. The van der Waals surface area contributed by atoms with Crippen molar-refractivity contribution in [3.8, 4) is 0 Å². The summed E-state index contributed by atoms with van der Waals surface area (Å²) in [6.45, 7) is 3.75. The molecule has 0 unspecified atom stereocenters. The van der Waals surface area contributed by atoms with Crippen molar-refractivity contribution in [2.24, 2.45) is 5.92 Å². The van der Waals surface area contributed by atoms with Gasteiger partial charge in [-0.2, -0.15) is 0 Å². The van der Waals surface area contributed by atoms with E-state index in [1.165, 1.54) is 32.1 Å². The van der Waals surface area contributed by atoms with E-state index >= 15 is 0 Å². The molecule has 2 amide bonds. The molecule has 144 valence electrons. The lowest BCUT2D eigenvalue weighted by molar-refractivity contribution is -0.137. The highest BCUT2D eigenvalue weighted by Gasteiger charge is 2.23. The lowest BCUT2D eigenvalue weighted by Gasteiger charge is -2.24. The number of hydrogen-bond donors (Lipinski definition) is 0. The number of hydrogen-bond acceptors (Lipinski definition) is 4. The summed E-state index contributed by atoms with van der Waals surface area (Å²) in [5, 5.41) is 0. The Morgan fingerprint density at radius 3 is 2.24 bits per heavy atom. The van der Waals surface area contributed by atoms with Crippen LogP contribution in [0.25, 0.3) is 0 Å². The van der Waals surface area contributed by atoms with Crippen molar-refractivity contribution in [2.45, 2.75) is 51.4 Å². The summed E-state index contributed by atoms with van der Waals surface area (Å²) in [6, 6.07) is 0. The Labute approximate surface area is 151 Å².